The molecule has 1 aliphatic rings. The van der Waals surface area contributed by atoms with Gasteiger partial charge in [0.1, 0.15) is 0 Å². The second-order valence-electron chi connectivity index (χ2n) is 5.21. The first kappa shape index (κ1) is 14.1. The van der Waals surface area contributed by atoms with Crippen molar-refractivity contribution in [2.75, 3.05) is 19.1 Å². The third-order valence-corrected chi connectivity index (χ3v) is 4.15. The molecule has 1 heterocycles. The largest absolute Gasteiger partial charge is 0.467 e. The molecule has 0 amide bonds. The molecule has 0 radical (unpaired) electrons. The van der Waals surface area contributed by atoms with E-state index in [0.29, 0.717) is 11.3 Å². The van der Waals surface area contributed by atoms with Gasteiger partial charge in [0.25, 0.3) is 0 Å². The number of hydrogen-bond acceptors (Lipinski definition) is 4. The smallest absolute Gasteiger partial charge is 0.344 e. The van der Waals surface area contributed by atoms with Gasteiger partial charge in [-0.15, -0.1) is 5.73 Å². The molecule has 0 N–H and O–H groups in total. The normalized spacial score (nSPS) is 19.7. The van der Waals surface area contributed by atoms with Crippen LogP contribution in [0.25, 0.3) is 10.8 Å². The van der Waals surface area contributed by atoms with Crippen LogP contribution < -0.4 is 4.90 Å². The minimum atomic E-state index is -1.53. The molecule has 2 aromatic carbocycles. The molecule has 0 aromatic heterocycles. The molecule has 4 nitrogen and oxygen atoms in total. The van der Waals surface area contributed by atoms with Crippen LogP contribution in [0, 0.1) is 0 Å². The summed E-state index contributed by atoms with van der Waals surface area (Å²) in [5, 5.41) is 1.95. The molecule has 0 saturated heterocycles. The third-order valence-electron chi connectivity index (χ3n) is 4.15. The van der Waals surface area contributed by atoms with Crippen LogP contribution in [0.1, 0.15) is 10.4 Å². The van der Waals surface area contributed by atoms with Crippen LogP contribution in [0.3, 0.4) is 0 Å². The highest BCUT2D eigenvalue weighted by molar-refractivity contribution is 6.27. The fourth-order valence-corrected chi connectivity index (χ4v) is 2.99. The van der Waals surface area contributed by atoms with E-state index in [1.54, 1.807) is 11.9 Å². The number of carbonyl (C=O) groups excluding carboxylic acids is 2. The van der Waals surface area contributed by atoms with E-state index in [-0.39, 0.29) is 5.78 Å². The summed E-state index contributed by atoms with van der Waals surface area (Å²) >= 11 is 0. The quantitative estimate of drug-likeness (QED) is 0.485. The van der Waals surface area contributed by atoms with E-state index < -0.39 is 11.5 Å². The van der Waals surface area contributed by atoms with Crippen LogP contribution in [0.15, 0.2) is 54.8 Å². The Morgan fingerprint density at radius 1 is 1.32 bits per heavy atom. The SMILES string of the molecule is C=C=CC1(C(=O)OC)C(=O)c2cc3ccccc3cc2N1C. The summed E-state index contributed by atoms with van der Waals surface area (Å²) in [6.45, 7) is 3.51. The van der Waals surface area contributed by atoms with Gasteiger partial charge in [-0.05, 0) is 22.9 Å². The summed E-state index contributed by atoms with van der Waals surface area (Å²) in [6, 6.07) is 11.5. The number of hydrogen-bond donors (Lipinski definition) is 0. The summed E-state index contributed by atoms with van der Waals surface area (Å²) in [4.78, 5) is 26.9. The van der Waals surface area contributed by atoms with Gasteiger partial charge < -0.3 is 9.64 Å². The third kappa shape index (κ3) is 1.65. The maximum Gasteiger partial charge on any atom is 0.344 e. The number of rotatable bonds is 2. The standard InChI is InChI=1S/C18H15NO3/c1-4-9-18(17(21)22-3)16(20)14-10-12-7-5-6-8-13(12)11-15(14)19(18)2/h5-11H,1H2,2-3H3. The van der Waals surface area contributed by atoms with Gasteiger partial charge in [0.2, 0.25) is 11.3 Å². The maximum atomic E-state index is 12.9. The van der Waals surface area contributed by atoms with E-state index in [4.69, 9.17) is 4.74 Å². The Morgan fingerprint density at radius 2 is 1.95 bits per heavy atom. The topological polar surface area (TPSA) is 46.6 Å². The van der Waals surface area contributed by atoms with Crippen molar-refractivity contribution in [3.63, 3.8) is 0 Å². The Kier molecular flexibility index (Phi) is 3.12. The van der Waals surface area contributed by atoms with Crippen LogP contribution in [0.2, 0.25) is 0 Å². The van der Waals surface area contributed by atoms with Gasteiger partial charge >= 0.3 is 5.97 Å². The number of fused-ring (bicyclic) bond motifs is 2. The van der Waals surface area contributed by atoms with Crippen molar-refractivity contribution in [2.45, 2.75) is 5.54 Å². The lowest BCUT2D eigenvalue weighted by molar-refractivity contribution is -0.143. The van der Waals surface area contributed by atoms with Crippen LogP contribution in [-0.2, 0) is 9.53 Å². The Hall–Kier alpha value is -2.84. The van der Waals surface area contributed by atoms with E-state index in [2.05, 4.69) is 12.3 Å². The van der Waals surface area contributed by atoms with Crippen molar-refractivity contribution >= 4 is 28.2 Å². The molecular weight excluding hydrogens is 278 g/mol. The van der Waals surface area contributed by atoms with Gasteiger partial charge in [0.15, 0.2) is 0 Å². The minimum Gasteiger partial charge on any atom is -0.467 e. The number of likely N-dealkylation sites (N-methyl/N-ethyl adjacent to an activating group) is 1. The van der Waals surface area contributed by atoms with E-state index in [0.717, 1.165) is 10.8 Å². The van der Waals surface area contributed by atoms with Gasteiger partial charge in [-0.1, -0.05) is 30.8 Å². The predicted octanol–water partition coefficient (Wildman–Crippen LogP) is 2.73. The summed E-state index contributed by atoms with van der Waals surface area (Å²) < 4.78 is 4.86. The average Bonchev–Trinajstić information content (AvgIpc) is 2.75. The Bertz CT molecular complexity index is 849. The number of nitrogens with zero attached hydrogens (tertiary/aromatic N) is 1. The van der Waals surface area contributed by atoms with E-state index in [9.17, 15) is 9.59 Å². The molecule has 3 rings (SSSR count). The highest BCUT2D eigenvalue weighted by Crippen LogP contribution is 2.41. The van der Waals surface area contributed by atoms with E-state index in [1.165, 1.54) is 13.2 Å². The molecule has 0 bridgehead atoms. The lowest BCUT2D eigenvalue weighted by atomic mass is 9.92. The molecule has 22 heavy (non-hydrogen) atoms. The minimum absolute atomic E-state index is 0.321. The van der Waals surface area contributed by atoms with Gasteiger partial charge in [-0.2, -0.15) is 0 Å². The number of ketones is 1. The molecule has 1 aliphatic heterocycles. The number of benzene rings is 2. The number of methoxy groups -OCH3 is 1. The molecule has 110 valence electrons. The second-order valence-corrected chi connectivity index (χ2v) is 5.21. The molecule has 0 fully saturated rings. The highest BCUT2D eigenvalue weighted by atomic mass is 16.5. The molecule has 4 heteroatoms. The first-order valence-corrected chi connectivity index (χ1v) is 6.83. The lowest BCUT2D eigenvalue weighted by Crippen LogP contribution is -2.54. The Labute approximate surface area is 128 Å². The van der Waals surface area contributed by atoms with Crippen molar-refractivity contribution in [2.24, 2.45) is 0 Å². The van der Waals surface area contributed by atoms with Crippen LogP contribution in [-0.4, -0.2) is 31.4 Å². The Balaban J connectivity index is 2.31. The summed E-state index contributed by atoms with van der Waals surface area (Å²) in [6.07, 6.45) is 1.37. The average molecular weight is 293 g/mol. The molecule has 0 spiro atoms. The summed E-state index contributed by atoms with van der Waals surface area (Å²) in [7, 11) is 2.96. The summed E-state index contributed by atoms with van der Waals surface area (Å²) in [5.41, 5.74) is 2.23. The van der Waals surface area contributed by atoms with Crippen molar-refractivity contribution in [1.29, 1.82) is 0 Å². The van der Waals surface area contributed by atoms with Gasteiger partial charge in [-0.3, -0.25) is 4.79 Å². The zero-order valence-corrected chi connectivity index (χ0v) is 12.4. The predicted molar refractivity (Wildman–Crippen MR) is 85.1 cm³/mol. The molecule has 1 unspecified atom stereocenters. The van der Waals surface area contributed by atoms with Gasteiger partial charge in [-0.25, -0.2) is 4.79 Å². The fourth-order valence-electron chi connectivity index (χ4n) is 2.99. The van der Waals surface area contributed by atoms with Crippen LogP contribution in [0.4, 0.5) is 5.69 Å². The summed E-state index contributed by atoms with van der Waals surface area (Å²) in [5.74, 6) is -0.963. The van der Waals surface area contributed by atoms with E-state index in [1.807, 2.05) is 36.4 Å². The molecule has 0 saturated carbocycles. The second kappa shape index (κ2) is 4.86. The number of Topliss-reactive ketones (excluding diaryl/α,β-unsaturated/α-hetero) is 1. The van der Waals surface area contributed by atoms with Gasteiger partial charge in [0.05, 0.1) is 7.11 Å². The molecule has 1 atom stereocenters. The number of carbonyl (C=O) groups is 2. The number of esters is 1. The maximum absolute atomic E-state index is 12.9. The van der Waals surface area contributed by atoms with Crippen molar-refractivity contribution in [3.05, 3.63) is 60.3 Å². The van der Waals surface area contributed by atoms with Crippen molar-refractivity contribution in [3.8, 4) is 0 Å². The fraction of sp³-hybridized carbons (Fsp3) is 0.167. The first-order valence-electron chi connectivity index (χ1n) is 6.83. The molecule has 0 aliphatic carbocycles. The monoisotopic (exact) mass is 293 g/mol. The Morgan fingerprint density at radius 3 is 2.55 bits per heavy atom. The first-order chi connectivity index (χ1) is 10.6. The molecular formula is C18H15NO3. The van der Waals surface area contributed by atoms with Crippen LogP contribution >= 0.6 is 0 Å². The van der Waals surface area contributed by atoms with Crippen molar-refractivity contribution in [1.82, 2.24) is 0 Å². The lowest BCUT2D eigenvalue weighted by Gasteiger charge is -2.29. The van der Waals surface area contributed by atoms with Gasteiger partial charge in [0, 0.05) is 24.4 Å². The highest BCUT2D eigenvalue weighted by Gasteiger charge is 2.55. The number of anilines is 1. The van der Waals surface area contributed by atoms with Crippen molar-refractivity contribution < 1.29 is 14.3 Å². The molecule has 2 aromatic rings. The van der Waals surface area contributed by atoms with E-state index >= 15 is 0 Å². The zero-order chi connectivity index (χ0) is 15.9. The van der Waals surface area contributed by atoms with Crippen LogP contribution in [0.5, 0.6) is 0 Å². The zero-order valence-electron chi connectivity index (χ0n) is 12.4. The number of ether oxygens (including phenoxy) is 1.